The first-order chi connectivity index (χ1) is 9.61. The van der Waals surface area contributed by atoms with Gasteiger partial charge in [-0.25, -0.2) is 0 Å². The zero-order valence-corrected chi connectivity index (χ0v) is 13.2. The molecule has 1 aromatic carbocycles. The number of aryl methyl sites for hydroxylation is 1. The van der Waals surface area contributed by atoms with Gasteiger partial charge in [-0.2, -0.15) is 0 Å². The van der Waals surface area contributed by atoms with E-state index in [-0.39, 0.29) is 6.04 Å². The first-order valence-corrected chi connectivity index (χ1v) is 8.17. The number of rotatable bonds is 5. The van der Waals surface area contributed by atoms with E-state index in [2.05, 4.69) is 31.3 Å². The van der Waals surface area contributed by atoms with Gasteiger partial charge in [0.2, 0.25) is 0 Å². The van der Waals surface area contributed by atoms with Crippen LogP contribution in [0.15, 0.2) is 18.2 Å². The van der Waals surface area contributed by atoms with Crippen molar-refractivity contribution < 1.29 is 5.11 Å². The molecule has 1 aromatic rings. The van der Waals surface area contributed by atoms with Crippen LogP contribution in [0.2, 0.25) is 0 Å². The van der Waals surface area contributed by atoms with Gasteiger partial charge in [-0.3, -0.25) is 0 Å². The third-order valence-corrected chi connectivity index (χ3v) is 4.78. The Morgan fingerprint density at radius 3 is 2.55 bits per heavy atom. The second-order valence-electron chi connectivity index (χ2n) is 6.36. The van der Waals surface area contributed by atoms with Gasteiger partial charge >= 0.3 is 0 Å². The molecule has 0 saturated heterocycles. The van der Waals surface area contributed by atoms with Gasteiger partial charge in [-0.05, 0) is 50.7 Å². The molecule has 2 rings (SSSR count). The Bertz CT molecular complexity index is 423. The summed E-state index contributed by atoms with van der Waals surface area (Å²) in [6.45, 7) is 6.45. The van der Waals surface area contributed by atoms with Crippen LogP contribution in [0.4, 0.5) is 0 Å². The molecule has 0 aromatic heterocycles. The SMILES string of the molecule is CCC(NC(C)c1ccc(C)cc1O)C1CCCCC1. The predicted octanol–water partition coefficient (Wildman–Crippen LogP) is 4.71. The molecule has 0 amide bonds. The van der Waals surface area contributed by atoms with Crippen LogP contribution < -0.4 is 5.32 Å². The molecular weight excluding hydrogens is 246 g/mol. The Hall–Kier alpha value is -1.02. The van der Waals surface area contributed by atoms with Crippen LogP contribution in [0.5, 0.6) is 5.75 Å². The molecule has 0 spiro atoms. The van der Waals surface area contributed by atoms with Gasteiger partial charge in [0.05, 0.1) is 0 Å². The molecule has 1 fully saturated rings. The Morgan fingerprint density at radius 1 is 1.25 bits per heavy atom. The van der Waals surface area contributed by atoms with Gasteiger partial charge < -0.3 is 10.4 Å². The van der Waals surface area contributed by atoms with E-state index < -0.39 is 0 Å². The molecule has 2 unspecified atom stereocenters. The average Bonchev–Trinajstić information content (AvgIpc) is 2.45. The smallest absolute Gasteiger partial charge is 0.120 e. The molecule has 112 valence electrons. The molecule has 2 nitrogen and oxygen atoms in total. The van der Waals surface area contributed by atoms with Crippen LogP contribution in [0, 0.1) is 12.8 Å². The molecule has 0 bridgehead atoms. The molecule has 2 atom stereocenters. The summed E-state index contributed by atoms with van der Waals surface area (Å²) in [5, 5.41) is 13.9. The van der Waals surface area contributed by atoms with Crippen LogP contribution in [0.3, 0.4) is 0 Å². The summed E-state index contributed by atoms with van der Waals surface area (Å²) in [5.74, 6) is 1.23. The van der Waals surface area contributed by atoms with Gasteiger partial charge in [0, 0.05) is 17.6 Å². The fourth-order valence-corrected chi connectivity index (χ4v) is 3.55. The Labute approximate surface area is 123 Å². The summed E-state index contributed by atoms with van der Waals surface area (Å²) in [7, 11) is 0. The maximum absolute atomic E-state index is 10.1. The number of hydrogen-bond acceptors (Lipinski definition) is 2. The first-order valence-electron chi connectivity index (χ1n) is 8.17. The van der Waals surface area contributed by atoms with E-state index in [1.165, 1.54) is 38.5 Å². The standard InChI is InChI=1S/C18H29NO/c1-4-17(15-8-6-5-7-9-15)19-14(3)16-11-10-13(2)12-18(16)20/h10-12,14-15,17,19-20H,4-9H2,1-3H3. The van der Waals surface area contributed by atoms with E-state index in [1.807, 2.05) is 13.0 Å². The predicted molar refractivity (Wildman–Crippen MR) is 85.0 cm³/mol. The number of phenolic OH excluding ortho intramolecular Hbond substituents is 1. The summed E-state index contributed by atoms with van der Waals surface area (Å²) in [5.41, 5.74) is 2.13. The minimum absolute atomic E-state index is 0.211. The lowest BCUT2D eigenvalue weighted by Crippen LogP contribution is -2.38. The quantitative estimate of drug-likeness (QED) is 0.815. The van der Waals surface area contributed by atoms with Crippen molar-refractivity contribution >= 4 is 0 Å². The van der Waals surface area contributed by atoms with Gasteiger partial charge in [0.1, 0.15) is 5.75 Å². The Morgan fingerprint density at radius 2 is 1.95 bits per heavy atom. The number of nitrogens with one attached hydrogen (secondary N) is 1. The topological polar surface area (TPSA) is 32.3 Å². The molecule has 0 radical (unpaired) electrons. The van der Waals surface area contributed by atoms with Crippen molar-refractivity contribution in [2.24, 2.45) is 5.92 Å². The first kappa shape index (κ1) is 15.4. The average molecular weight is 275 g/mol. The third-order valence-electron chi connectivity index (χ3n) is 4.78. The van der Waals surface area contributed by atoms with E-state index in [0.717, 1.165) is 17.0 Å². The summed E-state index contributed by atoms with van der Waals surface area (Å²) >= 11 is 0. The highest BCUT2D eigenvalue weighted by Gasteiger charge is 2.24. The van der Waals surface area contributed by atoms with E-state index in [0.29, 0.717) is 11.8 Å². The molecule has 1 aliphatic rings. The van der Waals surface area contributed by atoms with Crippen molar-refractivity contribution in [1.29, 1.82) is 0 Å². The van der Waals surface area contributed by atoms with Crippen molar-refractivity contribution in [3.05, 3.63) is 29.3 Å². The van der Waals surface area contributed by atoms with Crippen molar-refractivity contribution in [2.45, 2.75) is 71.4 Å². The summed E-state index contributed by atoms with van der Waals surface area (Å²) in [6, 6.07) is 6.77. The van der Waals surface area contributed by atoms with E-state index >= 15 is 0 Å². The molecular formula is C18H29NO. The largest absolute Gasteiger partial charge is 0.508 e. The fraction of sp³-hybridized carbons (Fsp3) is 0.667. The van der Waals surface area contributed by atoms with Crippen molar-refractivity contribution in [2.75, 3.05) is 0 Å². The molecule has 20 heavy (non-hydrogen) atoms. The van der Waals surface area contributed by atoms with Crippen molar-refractivity contribution in [3.8, 4) is 5.75 Å². The van der Waals surface area contributed by atoms with Crippen LogP contribution in [0.1, 0.15) is 69.5 Å². The summed E-state index contributed by atoms with van der Waals surface area (Å²) in [4.78, 5) is 0. The molecule has 1 saturated carbocycles. The monoisotopic (exact) mass is 275 g/mol. The Balaban J connectivity index is 2.02. The summed E-state index contributed by atoms with van der Waals surface area (Å²) in [6.07, 6.45) is 8.05. The normalized spacial score (nSPS) is 19.8. The van der Waals surface area contributed by atoms with Gasteiger partial charge in [-0.1, -0.05) is 38.3 Å². The van der Waals surface area contributed by atoms with Gasteiger partial charge in [0.15, 0.2) is 0 Å². The lowest BCUT2D eigenvalue weighted by atomic mass is 9.82. The minimum Gasteiger partial charge on any atom is -0.508 e. The molecule has 2 N–H and O–H groups in total. The fourth-order valence-electron chi connectivity index (χ4n) is 3.55. The highest BCUT2D eigenvalue weighted by molar-refractivity contribution is 5.37. The van der Waals surface area contributed by atoms with E-state index in [4.69, 9.17) is 0 Å². The van der Waals surface area contributed by atoms with Crippen molar-refractivity contribution in [1.82, 2.24) is 5.32 Å². The zero-order chi connectivity index (χ0) is 14.5. The van der Waals surface area contributed by atoms with Crippen LogP contribution in [-0.4, -0.2) is 11.1 Å². The maximum atomic E-state index is 10.1. The maximum Gasteiger partial charge on any atom is 0.120 e. The second-order valence-corrected chi connectivity index (χ2v) is 6.36. The van der Waals surface area contributed by atoms with E-state index in [1.54, 1.807) is 0 Å². The molecule has 1 aliphatic carbocycles. The number of aromatic hydroxyl groups is 1. The van der Waals surface area contributed by atoms with Crippen molar-refractivity contribution in [3.63, 3.8) is 0 Å². The highest BCUT2D eigenvalue weighted by Crippen LogP contribution is 2.31. The minimum atomic E-state index is 0.211. The number of hydrogen-bond donors (Lipinski definition) is 2. The third kappa shape index (κ3) is 3.76. The van der Waals surface area contributed by atoms with Gasteiger partial charge in [-0.15, -0.1) is 0 Å². The molecule has 0 aliphatic heterocycles. The van der Waals surface area contributed by atoms with Crippen LogP contribution >= 0.6 is 0 Å². The zero-order valence-electron chi connectivity index (χ0n) is 13.2. The summed E-state index contributed by atoms with van der Waals surface area (Å²) < 4.78 is 0. The molecule has 0 heterocycles. The lowest BCUT2D eigenvalue weighted by molar-refractivity contribution is 0.248. The van der Waals surface area contributed by atoms with Crippen LogP contribution in [0.25, 0.3) is 0 Å². The lowest BCUT2D eigenvalue weighted by Gasteiger charge is -2.33. The Kier molecular flexibility index (Phi) is 5.47. The van der Waals surface area contributed by atoms with Crippen LogP contribution in [-0.2, 0) is 0 Å². The van der Waals surface area contributed by atoms with Gasteiger partial charge in [0.25, 0.3) is 0 Å². The number of phenols is 1. The molecule has 2 heteroatoms. The highest BCUT2D eigenvalue weighted by atomic mass is 16.3. The number of benzene rings is 1. The second kappa shape index (κ2) is 7.12. The van der Waals surface area contributed by atoms with E-state index in [9.17, 15) is 5.11 Å².